The molecule has 1 unspecified atom stereocenters. The van der Waals surface area contributed by atoms with E-state index in [0.29, 0.717) is 0 Å². The zero-order chi connectivity index (χ0) is 24.1. The smallest absolute Gasteiger partial charge is 0.416 e. The van der Waals surface area contributed by atoms with Crippen LogP contribution in [-0.4, -0.2) is 54.7 Å². The number of benzene rings is 1. The molecule has 0 aromatic heterocycles. The molecule has 2 fully saturated rings. The number of hydrogen-bond acceptors (Lipinski definition) is 6. The summed E-state index contributed by atoms with van der Waals surface area (Å²) in [6, 6.07) is 5.24. The molecule has 0 spiro atoms. The fourth-order valence-electron chi connectivity index (χ4n) is 3.81. The lowest BCUT2D eigenvalue weighted by molar-refractivity contribution is -0.165. The molecule has 0 bridgehead atoms. The number of halogens is 3. The molecule has 0 aliphatic carbocycles. The predicted octanol–water partition coefficient (Wildman–Crippen LogP) is 3.10. The number of carboxylic acids is 1. The minimum Gasteiger partial charge on any atom is -0.480 e. The minimum absolute atomic E-state index is 0.219. The van der Waals surface area contributed by atoms with Crippen LogP contribution in [0.1, 0.15) is 32.8 Å². The maximum Gasteiger partial charge on any atom is 0.416 e. The Kier molecular flexibility index (Phi) is 6.21. The number of rotatable bonds is 6. The van der Waals surface area contributed by atoms with E-state index >= 15 is 0 Å². The lowest BCUT2D eigenvalue weighted by Gasteiger charge is -2.49. The van der Waals surface area contributed by atoms with Crippen LogP contribution in [0.25, 0.3) is 0 Å². The van der Waals surface area contributed by atoms with Crippen molar-refractivity contribution in [1.29, 1.82) is 5.26 Å². The van der Waals surface area contributed by atoms with E-state index in [1.807, 2.05) is 6.07 Å². The van der Waals surface area contributed by atoms with E-state index in [4.69, 9.17) is 0 Å². The van der Waals surface area contributed by atoms with Gasteiger partial charge in [-0.25, -0.2) is 4.79 Å². The third-order valence-electron chi connectivity index (χ3n) is 5.38. The summed E-state index contributed by atoms with van der Waals surface area (Å²) in [6.07, 6.45) is -4.30. The Morgan fingerprint density at radius 1 is 1.41 bits per heavy atom. The first kappa shape index (κ1) is 24.3. The van der Waals surface area contributed by atoms with Crippen LogP contribution < -0.4 is 5.32 Å². The van der Waals surface area contributed by atoms with Crippen molar-refractivity contribution in [1.82, 2.24) is 10.2 Å². The van der Waals surface area contributed by atoms with E-state index in [1.54, 1.807) is 20.8 Å². The van der Waals surface area contributed by atoms with Crippen molar-refractivity contribution in [3.05, 3.63) is 29.8 Å². The minimum atomic E-state index is -4.53. The van der Waals surface area contributed by atoms with Crippen molar-refractivity contribution >= 4 is 41.3 Å². The number of alkyl halides is 3. The summed E-state index contributed by atoms with van der Waals surface area (Å²) in [5.41, 5.74) is -2.77. The molecule has 2 aliphatic heterocycles. The van der Waals surface area contributed by atoms with Gasteiger partial charge < -0.3 is 15.3 Å². The quantitative estimate of drug-likeness (QED) is 0.469. The van der Waals surface area contributed by atoms with Crippen LogP contribution >= 0.6 is 23.5 Å². The number of nitrogens with zero attached hydrogens (tertiary/aromatic N) is 2. The zero-order valence-electron chi connectivity index (χ0n) is 17.3. The fraction of sp³-hybridized carbons (Fsp3) is 0.500. The second-order valence-corrected chi connectivity index (χ2v) is 11.0. The van der Waals surface area contributed by atoms with Gasteiger partial charge in [0.05, 0.1) is 10.8 Å². The molecular formula is C20H20F3N3O4S2. The largest absolute Gasteiger partial charge is 0.480 e. The molecule has 32 heavy (non-hydrogen) atoms. The topological polar surface area (TPSA) is 111 Å². The second kappa shape index (κ2) is 8.19. The van der Waals surface area contributed by atoms with Crippen LogP contribution in [0.2, 0.25) is 0 Å². The van der Waals surface area contributed by atoms with Gasteiger partial charge in [0.15, 0.2) is 0 Å². The Morgan fingerprint density at radius 2 is 2.06 bits per heavy atom. The van der Waals surface area contributed by atoms with Crippen LogP contribution in [0.3, 0.4) is 0 Å². The van der Waals surface area contributed by atoms with Crippen molar-refractivity contribution in [2.24, 2.45) is 0 Å². The molecule has 2 amide bonds. The Bertz CT molecular complexity index is 1010. The number of hydrogen-bond donors (Lipinski definition) is 2. The average molecular weight is 488 g/mol. The number of fused-ring (bicyclic) bond motifs is 1. The van der Waals surface area contributed by atoms with Crippen molar-refractivity contribution in [2.45, 2.75) is 65.2 Å². The summed E-state index contributed by atoms with van der Waals surface area (Å²) < 4.78 is 38.0. The van der Waals surface area contributed by atoms with Gasteiger partial charge in [-0.05, 0) is 38.5 Å². The number of aliphatic carboxylic acids is 1. The van der Waals surface area contributed by atoms with Crippen molar-refractivity contribution in [2.75, 3.05) is 0 Å². The molecule has 7 nitrogen and oxygen atoms in total. The Morgan fingerprint density at radius 3 is 2.59 bits per heavy atom. The third-order valence-corrected chi connectivity index (χ3v) is 8.37. The Balaban J connectivity index is 1.80. The molecule has 1 aromatic carbocycles. The van der Waals surface area contributed by atoms with E-state index in [-0.39, 0.29) is 11.3 Å². The number of carbonyl (C=O) groups excluding carboxylic acids is 2. The maximum atomic E-state index is 13.0. The van der Waals surface area contributed by atoms with E-state index in [0.717, 1.165) is 40.6 Å². The van der Waals surface area contributed by atoms with Gasteiger partial charge in [-0.3, -0.25) is 9.59 Å². The van der Waals surface area contributed by atoms with Gasteiger partial charge in [-0.1, -0.05) is 13.0 Å². The number of nitrogens with one attached hydrogen (secondary N) is 1. The fourth-order valence-corrected chi connectivity index (χ4v) is 6.47. The highest BCUT2D eigenvalue weighted by Crippen LogP contribution is 2.54. The number of carbonyl (C=O) groups is 3. The molecule has 4 atom stereocenters. The normalized spacial score (nSPS) is 27.2. The highest BCUT2D eigenvalue weighted by Gasteiger charge is 2.73. The number of amides is 2. The molecule has 2 saturated heterocycles. The van der Waals surface area contributed by atoms with Gasteiger partial charge in [0.1, 0.15) is 17.5 Å². The first-order chi connectivity index (χ1) is 14.8. The first-order valence-corrected chi connectivity index (χ1v) is 11.3. The average Bonchev–Trinajstić information content (AvgIpc) is 2.98. The highest BCUT2D eigenvalue weighted by molar-refractivity contribution is 8.01. The molecule has 2 aliphatic rings. The number of carboxylic acid groups (broad SMARTS) is 1. The Labute approximate surface area is 190 Å². The molecule has 0 saturated carbocycles. The lowest BCUT2D eigenvalue weighted by atomic mass is 9.85. The summed E-state index contributed by atoms with van der Waals surface area (Å²) >= 11 is 2.01. The van der Waals surface area contributed by atoms with Gasteiger partial charge in [0.2, 0.25) is 11.4 Å². The van der Waals surface area contributed by atoms with Gasteiger partial charge in [0.25, 0.3) is 5.91 Å². The molecule has 3 rings (SSSR count). The SMILES string of the molecule is CCC(Sc1cccc(C(F)(F)F)c1)C(=O)N[C@@]1(C#N)C(=O)N2[C@@H](C(=O)O)C(C)(C)S[C@@H]21. The summed E-state index contributed by atoms with van der Waals surface area (Å²) in [5.74, 6) is -2.69. The van der Waals surface area contributed by atoms with E-state index in [9.17, 15) is 37.9 Å². The van der Waals surface area contributed by atoms with Gasteiger partial charge in [-0.2, -0.15) is 18.4 Å². The van der Waals surface area contributed by atoms with Crippen molar-refractivity contribution in [3.63, 3.8) is 0 Å². The van der Waals surface area contributed by atoms with Crippen LogP contribution in [0.5, 0.6) is 0 Å². The third kappa shape index (κ3) is 3.92. The van der Waals surface area contributed by atoms with Crippen molar-refractivity contribution < 1.29 is 32.7 Å². The van der Waals surface area contributed by atoms with Crippen LogP contribution in [0.15, 0.2) is 29.2 Å². The van der Waals surface area contributed by atoms with Crippen LogP contribution in [-0.2, 0) is 20.6 Å². The van der Waals surface area contributed by atoms with Crippen molar-refractivity contribution in [3.8, 4) is 6.07 Å². The molecular weight excluding hydrogens is 467 g/mol. The molecule has 0 radical (unpaired) electrons. The van der Waals surface area contributed by atoms with Crippen LogP contribution in [0.4, 0.5) is 13.2 Å². The number of β-lactam (4-membered cyclic amide) rings is 1. The summed E-state index contributed by atoms with van der Waals surface area (Å²) in [5, 5.41) is 20.0. The standard InChI is InChI=1S/C20H20F3N3O4S2/c1-4-12(31-11-7-5-6-10(8-11)20(21,22)23)14(27)25-19(9-24)16(30)26-13(15(28)29)18(2,3)32-17(19)26/h5-8,12-13,17H,4H2,1-3H3,(H,25,27)(H,28,29)/t12?,13-,17+,19-/m0/s1. The first-order valence-electron chi connectivity index (χ1n) is 9.59. The van der Waals surface area contributed by atoms with Gasteiger partial charge >= 0.3 is 12.1 Å². The van der Waals surface area contributed by atoms with E-state index < -0.39 is 56.5 Å². The molecule has 1 aromatic rings. The summed E-state index contributed by atoms with van der Waals surface area (Å²) in [7, 11) is 0. The molecule has 12 heteroatoms. The Hall–Kier alpha value is -2.39. The zero-order valence-corrected chi connectivity index (χ0v) is 18.9. The molecule has 172 valence electrons. The van der Waals surface area contributed by atoms with E-state index in [2.05, 4.69) is 5.32 Å². The predicted molar refractivity (Wildman–Crippen MR) is 112 cm³/mol. The maximum absolute atomic E-state index is 13.0. The van der Waals surface area contributed by atoms with E-state index in [1.165, 1.54) is 12.1 Å². The highest BCUT2D eigenvalue weighted by atomic mass is 32.2. The van der Waals surface area contributed by atoms with Gasteiger partial charge in [-0.15, -0.1) is 23.5 Å². The molecule has 2 N–H and O–H groups in total. The summed E-state index contributed by atoms with van der Waals surface area (Å²) in [4.78, 5) is 38.8. The number of thioether (sulfide) groups is 2. The lowest BCUT2D eigenvalue weighted by Crippen LogP contribution is -2.79. The number of nitriles is 1. The summed E-state index contributed by atoms with van der Waals surface area (Å²) in [6.45, 7) is 4.95. The monoisotopic (exact) mass is 487 g/mol. The van der Waals surface area contributed by atoms with Crippen LogP contribution in [0, 0.1) is 11.3 Å². The van der Waals surface area contributed by atoms with Gasteiger partial charge in [0, 0.05) is 9.64 Å². The molecule has 2 heterocycles. The second-order valence-electron chi connectivity index (χ2n) is 7.98.